The number of rotatable bonds is 9. The first-order valence-electron chi connectivity index (χ1n) is 12.3. The largest absolute Gasteiger partial charge is 0.325 e. The third-order valence-electron chi connectivity index (χ3n) is 5.80. The average Bonchev–Trinajstić information content (AvgIpc) is 2.95. The van der Waals surface area contributed by atoms with Crippen molar-refractivity contribution in [1.29, 1.82) is 0 Å². The summed E-state index contributed by atoms with van der Waals surface area (Å²) in [6, 6.07) is 25.2. The van der Waals surface area contributed by atoms with Crippen LogP contribution >= 0.6 is 11.8 Å². The number of nitrogens with one attached hydrogen (secondary N) is 3. The number of carbonyl (C=O) groups excluding carboxylic acids is 3. The Morgan fingerprint density at radius 3 is 2.26 bits per heavy atom. The van der Waals surface area contributed by atoms with Crippen LogP contribution < -0.4 is 16.0 Å². The third kappa shape index (κ3) is 8.15. The van der Waals surface area contributed by atoms with Gasteiger partial charge in [0, 0.05) is 34.2 Å². The van der Waals surface area contributed by atoms with Crippen LogP contribution in [0.15, 0.2) is 108 Å². The normalized spacial score (nSPS) is 11.0. The van der Waals surface area contributed by atoms with Gasteiger partial charge in [-0.05, 0) is 91.2 Å². The van der Waals surface area contributed by atoms with Gasteiger partial charge in [0.05, 0.1) is 5.75 Å². The van der Waals surface area contributed by atoms with Gasteiger partial charge in [0.15, 0.2) is 0 Å². The molecular formula is C31H28N4O3S. The Labute approximate surface area is 231 Å². The van der Waals surface area contributed by atoms with E-state index in [9.17, 15) is 14.4 Å². The zero-order valence-electron chi connectivity index (χ0n) is 21.6. The quantitative estimate of drug-likeness (QED) is 0.184. The van der Waals surface area contributed by atoms with Crippen LogP contribution in [0.2, 0.25) is 0 Å². The van der Waals surface area contributed by atoms with Crippen molar-refractivity contribution in [2.45, 2.75) is 18.7 Å². The van der Waals surface area contributed by atoms with Crippen LogP contribution in [0, 0.1) is 13.8 Å². The molecule has 1 aromatic heterocycles. The number of nitrogens with zero attached hydrogens (tertiary/aromatic N) is 1. The molecule has 0 bridgehead atoms. The molecule has 0 saturated carbocycles. The van der Waals surface area contributed by atoms with Gasteiger partial charge >= 0.3 is 0 Å². The molecule has 3 N–H and O–H groups in total. The van der Waals surface area contributed by atoms with Gasteiger partial charge in [-0.3, -0.25) is 19.4 Å². The average molecular weight is 537 g/mol. The fourth-order valence-electron chi connectivity index (χ4n) is 3.57. The highest BCUT2D eigenvalue weighted by atomic mass is 32.2. The lowest BCUT2D eigenvalue weighted by Gasteiger charge is -2.12. The van der Waals surface area contributed by atoms with Gasteiger partial charge in [0.25, 0.3) is 11.8 Å². The fraction of sp³-hybridized carbons (Fsp3) is 0.0968. The Morgan fingerprint density at radius 1 is 0.821 bits per heavy atom. The summed E-state index contributed by atoms with van der Waals surface area (Å²) in [5, 5.41) is 8.44. The first kappa shape index (κ1) is 27.3. The maximum absolute atomic E-state index is 13.1. The highest BCUT2D eigenvalue weighted by Crippen LogP contribution is 2.22. The zero-order valence-corrected chi connectivity index (χ0v) is 22.4. The smallest absolute Gasteiger partial charge is 0.272 e. The molecule has 0 aliphatic heterocycles. The highest BCUT2D eigenvalue weighted by molar-refractivity contribution is 8.00. The molecule has 0 spiro atoms. The summed E-state index contributed by atoms with van der Waals surface area (Å²) >= 11 is 1.40. The number of aryl methyl sites for hydroxylation is 2. The second-order valence-corrected chi connectivity index (χ2v) is 9.83. The number of benzene rings is 3. The van der Waals surface area contributed by atoms with Gasteiger partial charge in [0.1, 0.15) is 5.70 Å². The predicted molar refractivity (Wildman–Crippen MR) is 156 cm³/mol. The molecule has 0 aliphatic carbocycles. The van der Waals surface area contributed by atoms with Crippen molar-refractivity contribution < 1.29 is 14.4 Å². The molecule has 0 radical (unpaired) electrons. The van der Waals surface area contributed by atoms with E-state index in [1.54, 1.807) is 67.0 Å². The van der Waals surface area contributed by atoms with Crippen LogP contribution in [0.1, 0.15) is 27.0 Å². The van der Waals surface area contributed by atoms with Crippen molar-refractivity contribution in [3.63, 3.8) is 0 Å². The van der Waals surface area contributed by atoms with E-state index < -0.39 is 11.8 Å². The molecule has 3 amide bonds. The molecular weight excluding hydrogens is 508 g/mol. The van der Waals surface area contributed by atoms with Gasteiger partial charge in [-0.25, -0.2) is 0 Å². The standard InChI is InChI=1S/C31H28N4O3S/c1-21-10-11-26(17-22(21)2)33-29(36)20-39-27-14-12-25(13-15-27)34-31(38)28(18-23-7-6-16-32-19-23)35-30(37)24-8-4-3-5-9-24/h3-19H,20H2,1-2H3,(H,33,36)(H,34,38)(H,35,37)/b28-18-. The third-order valence-corrected chi connectivity index (χ3v) is 6.81. The van der Waals surface area contributed by atoms with Crippen molar-refractivity contribution in [3.05, 3.63) is 125 Å². The van der Waals surface area contributed by atoms with Crippen LogP contribution in [0.5, 0.6) is 0 Å². The molecule has 0 unspecified atom stereocenters. The summed E-state index contributed by atoms with van der Waals surface area (Å²) in [5.41, 5.74) is 4.81. The predicted octanol–water partition coefficient (Wildman–Crippen LogP) is 5.84. The summed E-state index contributed by atoms with van der Waals surface area (Å²) in [4.78, 5) is 43.2. The van der Waals surface area contributed by atoms with Crippen LogP contribution in [0.4, 0.5) is 11.4 Å². The van der Waals surface area contributed by atoms with E-state index >= 15 is 0 Å². The zero-order chi connectivity index (χ0) is 27.6. The number of hydrogen-bond donors (Lipinski definition) is 3. The molecule has 4 rings (SSSR count). The van der Waals surface area contributed by atoms with Crippen LogP contribution in [-0.4, -0.2) is 28.5 Å². The maximum atomic E-state index is 13.1. The number of carbonyl (C=O) groups is 3. The van der Waals surface area contributed by atoms with Gasteiger partial charge in [-0.15, -0.1) is 11.8 Å². The monoisotopic (exact) mass is 536 g/mol. The van der Waals surface area contributed by atoms with Gasteiger partial charge in [-0.1, -0.05) is 30.3 Å². The molecule has 8 heteroatoms. The van der Waals surface area contributed by atoms with Crippen molar-refractivity contribution in [2.75, 3.05) is 16.4 Å². The minimum absolute atomic E-state index is 0.0818. The molecule has 39 heavy (non-hydrogen) atoms. The van der Waals surface area contributed by atoms with Crippen molar-refractivity contribution in [3.8, 4) is 0 Å². The van der Waals surface area contributed by atoms with Crippen LogP contribution in [-0.2, 0) is 9.59 Å². The molecule has 4 aromatic rings. The van der Waals surface area contributed by atoms with Crippen LogP contribution in [0.25, 0.3) is 6.08 Å². The molecule has 1 heterocycles. The Balaban J connectivity index is 1.38. The lowest BCUT2D eigenvalue weighted by atomic mass is 10.1. The molecule has 7 nitrogen and oxygen atoms in total. The first-order valence-corrected chi connectivity index (χ1v) is 13.3. The van der Waals surface area contributed by atoms with Crippen LogP contribution in [0.3, 0.4) is 0 Å². The van der Waals surface area contributed by atoms with Gasteiger partial charge in [0.2, 0.25) is 5.91 Å². The number of amides is 3. The molecule has 196 valence electrons. The Morgan fingerprint density at radius 2 is 1.56 bits per heavy atom. The number of thioether (sulfide) groups is 1. The fourth-order valence-corrected chi connectivity index (χ4v) is 4.27. The van der Waals surface area contributed by atoms with Gasteiger partial charge < -0.3 is 16.0 Å². The number of anilines is 2. The number of pyridine rings is 1. The SMILES string of the molecule is Cc1ccc(NC(=O)CSc2ccc(NC(=O)/C(=C/c3cccnc3)NC(=O)c3ccccc3)cc2)cc1C. The summed E-state index contributed by atoms with van der Waals surface area (Å²) in [6.07, 6.45) is 4.80. The van der Waals surface area contributed by atoms with E-state index in [2.05, 4.69) is 20.9 Å². The number of aromatic nitrogens is 1. The topological polar surface area (TPSA) is 100 Å². The Hall–Kier alpha value is -4.69. The summed E-state index contributed by atoms with van der Waals surface area (Å²) in [7, 11) is 0. The second-order valence-electron chi connectivity index (χ2n) is 8.78. The van der Waals surface area contributed by atoms with E-state index in [0.717, 1.165) is 16.1 Å². The van der Waals surface area contributed by atoms with E-state index in [1.807, 2.05) is 50.2 Å². The summed E-state index contributed by atoms with van der Waals surface area (Å²) < 4.78 is 0. The first-order chi connectivity index (χ1) is 18.9. The van der Waals surface area contributed by atoms with Crippen molar-refractivity contribution in [1.82, 2.24) is 10.3 Å². The number of hydrogen-bond acceptors (Lipinski definition) is 5. The molecule has 0 aliphatic rings. The van der Waals surface area contributed by atoms with Gasteiger partial charge in [-0.2, -0.15) is 0 Å². The van der Waals surface area contributed by atoms with Crippen molar-refractivity contribution in [2.24, 2.45) is 0 Å². The summed E-state index contributed by atoms with van der Waals surface area (Å²) in [5.74, 6) is -0.717. The second kappa shape index (κ2) is 13.2. The Bertz CT molecular complexity index is 1490. The maximum Gasteiger partial charge on any atom is 0.272 e. The summed E-state index contributed by atoms with van der Waals surface area (Å²) in [6.45, 7) is 4.04. The minimum Gasteiger partial charge on any atom is -0.325 e. The van der Waals surface area contributed by atoms with E-state index in [4.69, 9.17) is 0 Å². The molecule has 0 saturated heterocycles. The molecule has 3 aromatic carbocycles. The van der Waals surface area contributed by atoms with E-state index in [0.29, 0.717) is 16.8 Å². The molecule has 0 fully saturated rings. The molecule has 0 atom stereocenters. The lowest BCUT2D eigenvalue weighted by Crippen LogP contribution is -2.30. The highest BCUT2D eigenvalue weighted by Gasteiger charge is 2.15. The van der Waals surface area contributed by atoms with E-state index in [-0.39, 0.29) is 17.4 Å². The lowest BCUT2D eigenvalue weighted by molar-refractivity contribution is -0.114. The minimum atomic E-state index is -0.476. The Kier molecular flexibility index (Phi) is 9.26. The van der Waals surface area contributed by atoms with E-state index in [1.165, 1.54) is 17.3 Å². The van der Waals surface area contributed by atoms with Crippen molar-refractivity contribution >= 4 is 46.9 Å².